The van der Waals surface area contributed by atoms with Gasteiger partial charge in [-0.2, -0.15) is 13.2 Å². The van der Waals surface area contributed by atoms with E-state index >= 15 is 0 Å². The Bertz CT molecular complexity index is 567. The molecular formula is C15H13F3O3. The second-order valence-electron chi connectivity index (χ2n) is 3.94. The molecule has 0 aliphatic rings. The molecule has 1 rings (SSSR count). The summed E-state index contributed by atoms with van der Waals surface area (Å²) in [6, 6.07) is 8.72. The molecule has 112 valence electrons. The monoisotopic (exact) mass is 298 g/mol. The minimum absolute atomic E-state index is 0.293. The van der Waals surface area contributed by atoms with Crippen LogP contribution in [0.5, 0.6) is 0 Å². The lowest BCUT2D eigenvalue weighted by atomic mass is 10.0. The average molecular weight is 298 g/mol. The van der Waals surface area contributed by atoms with Crippen molar-refractivity contribution in [2.75, 3.05) is 6.61 Å². The van der Waals surface area contributed by atoms with Crippen LogP contribution in [0.15, 0.2) is 36.4 Å². The predicted molar refractivity (Wildman–Crippen MR) is 70.9 cm³/mol. The highest BCUT2D eigenvalue weighted by Crippen LogP contribution is 2.31. The average Bonchev–Trinajstić information content (AvgIpc) is 2.43. The summed E-state index contributed by atoms with van der Waals surface area (Å²) in [6.45, 7) is 1.04. The number of hydrogen-bond donors (Lipinski definition) is 1. The molecule has 3 nitrogen and oxygen atoms in total. The van der Waals surface area contributed by atoms with Gasteiger partial charge in [-0.3, -0.25) is 0 Å². The number of halogens is 3. The molecule has 1 N–H and O–H groups in total. The number of aliphatic hydroxyl groups is 1. The van der Waals surface area contributed by atoms with Crippen molar-refractivity contribution in [1.29, 1.82) is 0 Å². The molecule has 0 saturated carbocycles. The first kappa shape index (κ1) is 16.8. The molecule has 0 fully saturated rings. The summed E-state index contributed by atoms with van der Waals surface area (Å²) < 4.78 is 42.5. The lowest BCUT2D eigenvalue weighted by molar-refractivity contribution is -0.242. The van der Waals surface area contributed by atoms with Crippen LogP contribution in [0, 0.1) is 11.8 Å². The van der Waals surface area contributed by atoms with Gasteiger partial charge < -0.3 is 9.84 Å². The summed E-state index contributed by atoms with van der Waals surface area (Å²) in [4.78, 5) is 11.3. The highest BCUT2D eigenvalue weighted by Gasteiger charge is 2.60. The maximum Gasteiger partial charge on any atom is 0.440 e. The molecule has 0 aliphatic heterocycles. The fourth-order valence-corrected chi connectivity index (χ4v) is 1.32. The Morgan fingerprint density at radius 3 is 2.48 bits per heavy atom. The number of esters is 1. The van der Waals surface area contributed by atoms with Gasteiger partial charge in [0.1, 0.15) is 0 Å². The summed E-state index contributed by atoms with van der Waals surface area (Å²) in [5.74, 6) is 1.69. The second-order valence-corrected chi connectivity index (χ2v) is 3.94. The van der Waals surface area contributed by atoms with Crippen LogP contribution >= 0.6 is 0 Å². The van der Waals surface area contributed by atoms with E-state index in [4.69, 9.17) is 0 Å². The molecule has 0 heterocycles. The van der Waals surface area contributed by atoms with Crippen molar-refractivity contribution in [3.05, 3.63) is 42.0 Å². The summed E-state index contributed by atoms with van der Waals surface area (Å²) in [5, 5.41) is 9.44. The van der Waals surface area contributed by atoms with E-state index in [0.717, 1.165) is 11.6 Å². The first-order chi connectivity index (χ1) is 9.81. The Kier molecular flexibility index (Phi) is 5.56. The third-order valence-corrected chi connectivity index (χ3v) is 2.39. The van der Waals surface area contributed by atoms with Gasteiger partial charge in [-0.1, -0.05) is 36.3 Å². The number of rotatable bonds is 3. The van der Waals surface area contributed by atoms with Gasteiger partial charge in [-0.15, -0.1) is 0 Å². The zero-order valence-electron chi connectivity index (χ0n) is 11.1. The minimum atomic E-state index is -5.24. The van der Waals surface area contributed by atoms with Crippen LogP contribution in [-0.4, -0.2) is 29.5 Å². The summed E-state index contributed by atoms with van der Waals surface area (Å²) >= 11 is 0. The Labute approximate surface area is 120 Å². The van der Waals surface area contributed by atoms with Crippen LogP contribution < -0.4 is 0 Å². The molecule has 0 bridgehead atoms. The van der Waals surface area contributed by atoms with Gasteiger partial charge in [-0.05, 0) is 30.6 Å². The van der Waals surface area contributed by atoms with Crippen molar-refractivity contribution < 1.29 is 27.8 Å². The number of hydrogen-bond acceptors (Lipinski definition) is 3. The Hall–Kier alpha value is -2.26. The lowest BCUT2D eigenvalue weighted by Gasteiger charge is -2.22. The third kappa shape index (κ3) is 4.36. The number of alkyl halides is 3. The lowest BCUT2D eigenvalue weighted by Crippen LogP contribution is -2.51. The van der Waals surface area contributed by atoms with E-state index in [9.17, 15) is 23.1 Å². The molecule has 1 aromatic carbocycles. The molecule has 1 atom stereocenters. The largest absolute Gasteiger partial charge is 0.463 e. The maximum absolute atomic E-state index is 12.8. The van der Waals surface area contributed by atoms with Gasteiger partial charge in [0.15, 0.2) is 0 Å². The zero-order valence-corrected chi connectivity index (χ0v) is 11.1. The fourth-order valence-electron chi connectivity index (χ4n) is 1.32. The van der Waals surface area contributed by atoms with E-state index in [1.165, 1.54) is 18.9 Å². The highest BCUT2D eigenvalue weighted by atomic mass is 19.4. The predicted octanol–water partition coefficient (Wildman–Crippen LogP) is 2.56. The summed E-state index contributed by atoms with van der Waals surface area (Å²) in [7, 11) is 0. The minimum Gasteiger partial charge on any atom is -0.463 e. The van der Waals surface area contributed by atoms with Crippen molar-refractivity contribution in [2.24, 2.45) is 0 Å². The molecule has 0 aliphatic carbocycles. The van der Waals surface area contributed by atoms with Gasteiger partial charge in [0.05, 0.1) is 6.61 Å². The Balaban J connectivity index is 2.96. The van der Waals surface area contributed by atoms with Crippen molar-refractivity contribution in [3.63, 3.8) is 0 Å². The molecule has 1 aromatic rings. The number of allylic oxidation sites excluding steroid dienone is 1. The van der Waals surface area contributed by atoms with Crippen LogP contribution in [0.3, 0.4) is 0 Å². The first-order valence-electron chi connectivity index (χ1n) is 6.02. The summed E-state index contributed by atoms with van der Waals surface area (Å²) in [5.41, 5.74) is -3.11. The molecule has 0 aromatic heterocycles. The number of carbonyl (C=O) groups is 1. The molecule has 0 saturated heterocycles. The van der Waals surface area contributed by atoms with Crippen LogP contribution in [0.1, 0.15) is 12.5 Å². The van der Waals surface area contributed by atoms with Crippen molar-refractivity contribution in [3.8, 4) is 11.8 Å². The van der Waals surface area contributed by atoms with Gasteiger partial charge in [0.25, 0.3) is 0 Å². The molecule has 0 amide bonds. The van der Waals surface area contributed by atoms with Crippen LogP contribution in [0.4, 0.5) is 13.2 Å². The Morgan fingerprint density at radius 2 is 1.95 bits per heavy atom. The molecule has 0 radical (unpaired) electrons. The van der Waals surface area contributed by atoms with Crippen molar-refractivity contribution >= 4 is 12.0 Å². The smallest absolute Gasteiger partial charge is 0.440 e. The molecular weight excluding hydrogens is 285 g/mol. The van der Waals surface area contributed by atoms with E-state index in [1.54, 1.807) is 30.3 Å². The zero-order chi connectivity index (χ0) is 15.9. The van der Waals surface area contributed by atoms with E-state index < -0.39 is 17.7 Å². The molecule has 21 heavy (non-hydrogen) atoms. The van der Waals surface area contributed by atoms with Crippen LogP contribution in [0.2, 0.25) is 0 Å². The van der Waals surface area contributed by atoms with Gasteiger partial charge in [0.2, 0.25) is 0 Å². The molecule has 6 heteroatoms. The van der Waals surface area contributed by atoms with E-state index in [1.807, 2.05) is 5.92 Å². The highest BCUT2D eigenvalue weighted by molar-refractivity contribution is 5.84. The van der Waals surface area contributed by atoms with Gasteiger partial charge in [0, 0.05) is 0 Å². The van der Waals surface area contributed by atoms with E-state index in [0.29, 0.717) is 0 Å². The van der Waals surface area contributed by atoms with Crippen molar-refractivity contribution in [2.45, 2.75) is 18.7 Å². The number of ether oxygens (including phenoxy) is 1. The number of carbonyl (C=O) groups excluding carboxylic acids is 1. The quantitative estimate of drug-likeness (QED) is 0.689. The van der Waals surface area contributed by atoms with E-state index in [-0.39, 0.29) is 6.61 Å². The fraction of sp³-hybridized carbons (Fsp3) is 0.267. The SMILES string of the molecule is CCOC(=O)[C@](O)(C#C/C=C/c1ccccc1)C(F)(F)F. The van der Waals surface area contributed by atoms with E-state index in [2.05, 4.69) is 4.74 Å². The molecule has 0 unspecified atom stereocenters. The normalized spacial score (nSPS) is 14.1. The number of benzene rings is 1. The maximum atomic E-state index is 12.8. The van der Waals surface area contributed by atoms with Gasteiger partial charge in [-0.25, -0.2) is 4.79 Å². The second kappa shape index (κ2) is 6.95. The Morgan fingerprint density at radius 1 is 1.33 bits per heavy atom. The van der Waals surface area contributed by atoms with Crippen LogP contribution in [0.25, 0.3) is 6.08 Å². The van der Waals surface area contributed by atoms with Crippen molar-refractivity contribution in [1.82, 2.24) is 0 Å². The topological polar surface area (TPSA) is 46.5 Å². The van der Waals surface area contributed by atoms with Gasteiger partial charge >= 0.3 is 17.7 Å². The summed E-state index contributed by atoms with van der Waals surface area (Å²) in [6.07, 6.45) is -2.67. The third-order valence-electron chi connectivity index (χ3n) is 2.39. The molecule has 0 spiro atoms. The first-order valence-corrected chi connectivity index (χ1v) is 6.02. The van der Waals surface area contributed by atoms with Crippen LogP contribution in [-0.2, 0) is 9.53 Å². The standard InChI is InChI=1S/C15H13F3O3/c1-2-21-13(19)14(20,15(16,17)18)11-7-6-10-12-8-4-3-5-9-12/h3-6,8-10,20H,2H2,1H3/b10-6+/t14-/m1/s1.